The first-order valence-corrected chi connectivity index (χ1v) is 4.21. The predicted molar refractivity (Wildman–Crippen MR) is 47.9 cm³/mol. The Balaban J connectivity index is 0.00000169. The van der Waals surface area contributed by atoms with Crippen LogP contribution in [0, 0.1) is 0 Å². The van der Waals surface area contributed by atoms with Crippen molar-refractivity contribution in [2.75, 3.05) is 6.54 Å². The van der Waals surface area contributed by atoms with Gasteiger partial charge in [-0.05, 0) is 18.5 Å². The molecule has 2 N–H and O–H groups in total. The molecule has 0 heterocycles. The molecule has 0 saturated carbocycles. The molecule has 0 fully saturated rings. The summed E-state index contributed by atoms with van der Waals surface area (Å²) < 4.78 is 0. The van der Waals surface area contributed by atoms with Gasteiger partial charge in [0.2, 0.25) is 0 Å². The number of aliphatic carboxylic acids is 1. The van der Waals surface area contributed by atoms with Crippen molar-refractivity contribution in [3.05, 3.63) is 35.9 Å². The number of benzene rings is 1. The summed E-state index contributed by atoms with van der Waals surface area (Å²) in [4.78, 5) is 10.7. The van der Waals surface area contributed by atoms with E-state index in [1.807, 2.05) is 18.2 Å². The topological polar surface area (TPSA) is 66.2 Å². The third kappa shape index (κ3) is 4.48. The van der Waals surface area contributed by atoms with Crippen LogP contribution in [0.5, 0.6) is 0 Å². The smallest absolute Gasteiger partial charge is 0.549 e. The zero-order valence-electron chi connectivity index (χ0n) is 8.27. The molecule has 1 aromatic carbocycles. The minimum Gasteiger partial charge on any atom is -0.549 e. The molecule has 0 aliphatic rings. The van der Waals surface area contributed by atoms with E-state index in [9.17, 15) is 9.90 Å². The molecular weight excluding hydrogens is 299 g/mol. The van der Waals surface area contributed by atoms with Crippen LogP contribution in [-0.4, -0.2) is 12.5 Å². The third-order valence-electron chi connectivity index (χ3n) is 1.94. The molecule has 0 bridgehead atoms. The molecule has 0 spiro atoms. The van der Waals surface area contributed by atoms with Crippen molar-refractivity contribution in [3.8, 4) is 0 Å². The van der Waals surface area contributed by atoms with Crippen LogP contribution in [0.15, 0.2) is 30.3 Å². The van der Waals surface area contributed by atoms with Gasteiger partial charge in [-0.15, -0.1) is 0 Å². The fourth-order valence-electron chi connectivity index (χ4n) is 1.27. The summed E-state index contributed by atoms with van der Waals surface area (Å²) in [5, 5.41) is 10.7. The van der Waals surface area contributed by atoms with Gasteiger partial charge >= 0.3 is 68.9 Å². The zero-order chi connectivity index (χ0) is 9.68. The summed E-state index contributed by atoms with van der Waals surface area (Å²) >= 11 is 0. The Kier molecular flexibility index (Phi) is 8.32. The molecule has 1 atom stereocenters. The van der Waals surface area contributed by atoms with E-state index in [0.717, 1.165) is 5.56 Å². The normalized spacial score (nSPS) is 11.5. The monoisotopic (exact) mass is 311 g/mol. The summed E-state index contributed by atoms with van der Waals surface area (Å²) in [6.45, 7) is 0.355. The van der Waals surface area contributed by atoms with Gasteiger partial charge in [0.15, 0.2) is 0 Å². The summed E-state index contributed by atoms with van der Waals surface area (Å²) in [6.07, 6.45) is 0.423. The van der Waals surface area contributed by atoms with E-state index in [1.54, 1.807) is 12.1 Å². The second kappa shape index (κ2) is 7.92. The SMILES string of the molecule is NCCC(C(=O)[O-])c1ccccc1.[Cs+]. The first-order valence-electron chi connectivity index (χ1n) is 4.21. The average Bonchev–Trinajstić information content (AvgIpc) is 2.15. The number of carboxylic acid groups (broad SMARTS) is 1. The number of carbonyl (C=O) groups excluding carboxylic acids is 1. The van der Waals surface area contributed by atoms with Crippen LogP contribution >= 0.6 is 0 Å². The molecule has 0 aliphatic carbocycles. The largest absolute Gasteiger partial charge is 1.00 e. The molecule has 4 heteroatoms. The van der Waals surface area contributed by atoms with Gasteiger partial charge in [-0.3, -0.25) is 0 Å². The van der Waals surface area contributed by atoms with Crippen molar-refractivity contribution < 1.29 is 78.8 Å². The first kappa shape index (κ1) is 14.7. The molecule has 0 aromatic heterocycles. The number of hydrogen-bond acceptors (Lipinski definition) is 3. The van der Waals surface area contributed by atoms with Gasteiger partial charge in [-0.25, -0.2) is 0 Å². The van der Waals surface area contributed by atoms with Crippen LogP contribution in [0.4, 0.5) is 0 Å². The Bertz CT molecular complexity index is 277. The second-order valence-electron chi connectivity index (χ2n) is 2.86. The van der Waals surface area contributed by atoms with Crippen LogP contribution in [0.25, 0.3) is 0 Å². The van der Waals surface area contributed by atoms with Crippen molar-refractivity contribution in [2.24, 2.45) is 5.73 Å². The van der Waals surface area contributed by atoms with Crippen molar-refractivity contribution in [2.45, 2.75) is 12.3 Å². The molecule has 1 unspecified atom stereocenters. The summed E-state index contributed by atoms with van der Waals surface area (Å²) in [5.41, 5.74) is 6.07. The zero-order valence-corrected chi connectivity index (χ0v) is 14.6. The maximum absolute atomic E-state index is 10.7. The van der Waals surface area contributed by atoms with Gasteiger partial charge in [-0.1, -0.05) is 30.3 Å². The summed E-state index contributed by atoms with van der Waals surface area (Å²) in [7, 11) is 0. The number of carbonyl (C=O) groups is 1. The van der Waals surface area contributed by atoms with Gasteiger partial charge < -0.3 is 15.6 Å². The summed E-state index contributed by atoms with van der Waals surface area (Å²) in [5.74, 6) is -1.64. The van der Waals surface area contributed by atoms with Crippen molar-refractivity contribution in [3.63, 3.8) is 0 Å². The van der Waals surface area contributed by atoms with E-state index in [-0.39, 0.29) is 68.9 Å². The molecule has 0 saturated heterocycles. The molecule has 0 radical (unpaired) electrons. The number of hydrogen-bond donors (Lipinski definition) is 1. The Morgan fingerprint density at radius 3 is 2.36 bits per heavy atom. The fourth-order valence-corrected chi connectivity index (χ4v) is 1.27. The van der Waals surface area contributed by atoms with E-state index in [2.05, 4.69) is 0 Å². The Morgan fingerprint density at radius 1 is 1.36 bits per heavy atom. The molecular formula is C10H12CsNO2. The standard InChI is InChI=1S/C10H13NO2.Cs/c11-7-6-9(10(12)13)8-4-2-1-3-5-8;/h1-5,9H,6-7,11H2,(H,12,13);/q;+1/p-1. The Hall–Kier alpha value is 0.702. The van der Waals surface area contributed by atoms with E-state index in [1.165, 1.54) is 0 Å². The molecule has 1 rings (SSSR count). The fraction of sp³-hybridized carbons (Fsp3) is 0.300. The molecule has 0 aliphatic heterocycles. The number of carboxylic acids is 1. The first-order chi connectivity index (χ1) is 6.25. The van der Waals surface area contributed by atoms with Crippen molar-refractivity contribution in [1.29, 1.82) is 0 Å². The predicted octanol–water partition coefficient (Wildman–Crippen LogP) is -3.13. The molecule has 70 valence electrons. The Morgan fingerprint density at radius 2 is 1.93 bits per heavy atom. The molecule has 14 heavy (non-hydrogen) atoms. The van der Waals surface area contributed by atoms with Crippen molar-refractivity contribution in [1.82, 2.24) is 0 Å². The molecule has 3 nitrogen and oxygen atoms in total. The van der Waals surface area contributed by atoms with Gasteiger partial charge in [0.1, 0.15) is 0 Å². The number of nitrogens with two attached hydrogens (primary N) is 1. The minimum absolute atomic E-state index is 0. The van der Waals surface area contributed by atoms with E-state index in [4.69, 9.17) is 5.73 Å². The van der Waals surface area contributed by atoms with Gasteiger partial charge in [0.25, 0.3) is 0 Å². The minimum atomic E-state index is -1.06. The Labute approximate surface area is 142 Å². The average molecular weight is 311 g/mol. The van der Waals surface area contributed by atoms with E-state index in [0.29, 0.717) is 13.0 Å². The molecule has 1 aromatic rings. The second-order valence-corrected chi connectivity index (χ2v) is 2.86. The summed E-state index contributed by atoms with van der Waals surface area (Å²) in [6, 6.07) is 9.01. The van der Waals surface area contributed by atoms with Crippen LogP contribution in [0.3, 0.4) is 0 Å². The van der Waals surface area contributed by atoms with E-state index < -0.39 is 11.9 Å². The van der Waals surface area contributed by atoms with Gasteiger partial charge in [0.05, 0.1) is 0 Å². The van der Waals surface area contributed by atoms with E-state index >= 15 is 0 Å². The van der Waals surface area contributed by atoms with Crippen LogP contribution in [-0.2, 0) is 4.79 Å². The third-order valence-corrected chi connectivity index (χ3v) is 1.94. The van der Waals surface area contributed by atoms with Crippen molar-refractivity contribution >= 4 is 5.97 Å². The van der Waals surface area contributed by atoms with Crippen LogP contribution < -0.4 is 79.7 Å². The number of rotatable bonds is 4. The van der Waals surface area contributed by atoms with Gasteiger partial charge in [0, 0.05) is 11.9 Å². The molecule has 0 amide bonds. The van der Waals surface area contributed by atoms with Crippen LogP contribution in [0.1, 0.15) is 17.9 Å². The van der Waals surface area contributed by atoms with Gasteiger partial charge in [-0.2, -0.15) is 0 Å². The maximum Gasteiger partial charge on any atom is 1.00 e. The van der Waals surface area contributed by atoms with Crippen LogP contribution in [0.2, 0.25) is 0 Å². The quantitative estimate of drug-likeness (QED) is 0.640. The maximum atomic E-state index is 10.7.